The molecule has 1 aromatic carbocycles. The number of hydrogen-bond donors (Lipinski definition) is 1. The Kier molecular flexibility index (Phi) is 3.59. The van der Waals surface area contributed by atoms with E-state index >= 15 is 0 Å². The topological polar surface area (TPSA) is 62.9 Å². The Morgan fingerprint density at radius 3 is 2.47 bits per heavy atom. The molecule has 5 heteroatoms. The van der Waals surface area contributed by atoms with E-state index in [1.807, 2.05) is 18.2 Å². The van der Waals surface area contributed by atoms with E-state index in [9.17, 15) is 0 Å². The number of hydrogen-bond acceptors (Lipinski definition) is 5. The van der Waals surface area contributed by atoms with Crippen molar-refractivity contribution in [2.75, 3.05) is 33.0 Å². The van der Waals surface area contributed by atoms with Crippen LogP contribution in [0.1, 0.15) is 12.0 Å². The summed E-state index contributed by atoms with van der Waals surface area (Å²) in [6, 6.07) is 5.96. The largest absolute Gasteiger partial charge is 0.486 e. The van der Waals surface area contributed by atoms with E-state index in [4.69, 9.17) is 24.7 Å². The van der Waals surface area contributed by atoms with E-state index in [-0.39, 0.29) is 0 Å². The fourth-order valence-electron chi connectivity index (χ4n) is 2.56. The lowest BCUT2D eigenvalue weighted by atomic mass is 10.0. The molecule has 0 aliphatic carbocycles. The molecule has 0 amide bonds. The molecule has 3 rings (SSSR count). The van der Waals surface area contributed by atoms with Gasteiger partial charge in [-0.15, -0.1) is 0 Å². The first-order valence-corrected chi connectivity index (χ1v) is 6.68. The SMILES string of the molecule is NCCC1(Cc2ccc3c(c2)OCCO3)OCCO1. The van der Waals surface area contributed by atoms with Gasteiger partial charge in [0, 0.05) is 12.8 Å². The van der Waals surface area contributed by atoms with Crippen molar-refractivity contribution in [3.05, 3.63) is 23.8 Å². The van der Waals surface area contributed by atoms with Crippen LogP contribution in [0.3, 0.4) is 0 Å². The first-order valence-electron chi connectivity index (χ1n) is 6.68. The van der Waals surface area contributed by atoms with E-state index in [1.165, 1.54) is 0 Å². The summed E-state index contributed by atoms with van der Waals surface area (Å²) in [4.78, 5) is 0. The Hall–Kier alpha value is -1.30. The quantitative estimate of drug-likeness (QED) is 0.883. The van der Waals surface area contributed by atoms with Crippen molar-refractivity contribution in [3.8, 4) is 11.5 Å². The Labute approximate surface area is 112 Å². The Balaban J connectivity index is 1.78. The lowest BCUT2D eigenvalue weighted by molar-refractivity contribution is -0.158. The highest BCUT2D eigenvalue weighted by Gasteiger charge is 2.36. The van der Waals surface area contributed by atoms with Crippen molar-refractivity contribution in [3.63, 3.8) is 0 Å². The van der Waals surface area contributed by atoms with E-state index in [0.717, 1.165) is 17.1 Å². The van der Waals surface area contributed by atoms with Gasteiger partial charge in [0.15, 0.2) is 17.3 Å². The third-order valence-electron chi connectivity index (χ3n) is 3.42. The van der Waals surface area contributed by atoms with Crippen molar-refractivity contribution < 1.29 is 18.9 Å². The van der Waals surface area contributed by atoms with Gasteiger partial charge in [-0.25, -0.2) is 0 Å². The minimum absolute atomic E-state index is 0.546. The fraction of sp³-hybridized carbons (Fsp3) is 0.571. The summed E-state index contributed by atoms with van der Waals surface area (Å²) in [5.41, 5.74) is 6.76. The Morgan fingerprint density at radius 1 is 1.00 bits per heavy atom. The molecule has 5 nitrogen and oxygen atoms in total. The van der Waals surface area contributed by atoms with Crippen LogP contribution in [0, 0.1) is 0 Å². The summed E-state index contributed by atoms with van der Waals surface area (Å²) in [6.07, 6.45) is 1.38. The summed E-state index contributed by atoms with van der Waals surface area (Å²) in [5, 5.41) is 0. The zero-order valence-corrected chi connectivity index (χ0v) is 10.9. The predicted molar refractivity (Wildman–Crippen MR) is 69.4 cm³/mol. The molecule has 2 aliphatic heterocycles. The van der Waals surface area contributed by atoms with E-state index in [1.54, 1.807) is 0 Å². The van der Waals surface area contributed by atoms with Gasteiger partial charge in [0.05, 0.1) is 13.2 Å². The molecule has 0 atom stereocenters. The van der Waals surface area contributed by atoms with Crippen molar-refractivity contribution in [2.45, 2.75) is 18.6 Å². The molecule has 1 aromatic rings. The monoisotopic (exact) mass is 265 g/mol. The molecule has 0 saturated carbocycles. The molecule has 2 heterocycles. The number of fused-ring (bicyclic) bond motifs is 1. The highest BCUT2D eigenvalue weighted by Crippen LogP contribution is 2.34. The Morgan fingerprint density at radius 2 is 1.74 bits per heavy atom. The van der Waals surface area contributed by atoms with Crippen LogP contribution in [0.15, 0.2) is 18.2 Å². The highest BCUT2D eigenvalue weighted by molar-refractivity contribution is 5.44. The number of nitrogens with two attached hydrogens (primary N) is 1. The number of rotatable bonds is 4. The van der Waals surface area contributed by atoms with Gasteiger partial charge in [0.25, 0.3) is 0 Å². The van der Waals surface area contributed by atoms with Crippen molar-refractivity contribution in [1.82, 2.24) is 0 Å². The van der Waals surface area contributed by atoms with Crippen LogP contribution in [0.2, 0.25) is 0 Å². The smallest absolute Gasteiger partial charge is 0.173 e. The summed E-state index contributed by atoms with van der Waals surface area (Å²) in [7, 11) is 0. The molecule has 0 aromatic heterocycles. The second kappa shape index (κ2) is 5.36. The van der Waals surface area contributed by atoms with Gasteiger partial charge < -0.3 is 24.7 Å². The van der Waals surface area contributed by atoms with Gasteiger partial charge in [0.1, 0.15) is 13.2 Å². The molecule has 0 radical (unpaired) electrons. The van der Waals surface area contributed by atoms with Gasteiger partial charge >= 0.3 is 0 Å². The van der Waals surface area contributed by atoms with E-state index < -0.39 is 5.79 Å². The van der Waals surface area contributed by atoms with E-state index in [0.29, 0.717) is 45.8 Å². The summed E-state index contributed by atoms with van der Waals surface area (Å²) >= 11 is 0. The maximum absolute atomic E-state index is 5.75. The molecule has 104 valence electrons. The van der Waals surface area contributed by atoms with Crippen molar-refractivity contribution >= 4 is 0 Å². The van der Waals surface area contributed by atoms with Crippen LogP contribution in [0.5, 0.6) is 11.5 Å². The molecule has 2 aliphatic rings. The standard InChI is InChI=1S/C14H19NO4/c15-4-3-14(18-7-8-19-14)10-11-1-2-12-13(9-11)17-6-5-16-12/h1-2,9H,3-8,10,15H2. The molecule has 1 saturated heterocycles. The van der Waals surface area contributed by atoms with Crippen LogP contribution < -0.4 is 15.2 Å². The molecule has 0 spiro atoms. The number of benzene rings is 1. The van der Waals surface area contributed by atoms with Crippen molar-refractivity contribution in [2.24, 2.45) is 5.73 Å². The second-order valence-corrected chi connectivity index (χ2v) is 4.80. The van der Waals surface area contributed by atoms with Crippen LogP contribution >= 0.6 is 0 Å². The van der Waals surface area contributed by atoms with Crippen LogP contribution in [-0.4, -0.2) is 38.8 Å². The van der Waals surface area contributed by atoms with Gasteiger partial charge in [-0.3, -0.25) is 0 Å². The maximum atomic E-state index is 5.75. The van der Waals surface area contributed by atoms with E-state index in [2.05, 4.69) is 0 Å². The third-order valence-corrected chi connectivity index (χ3v) is 3.42. The summed E-state index contributed by atoms with van der Waals surface area (Å²) in [5.74, 6) is 1.03. The molecule has 0 bridgehead atoms. The fourth-order valence-corrected chi connectivity index (χ4v) is 2.56. The average Bonchev–Trinajstić information content (AvgIpc) is 2.87. The summed E-state index contributed by atoms with van der Waals surface area (Å²) in [6.45, 7) is 3.01. The highest BCUT2D eigenvalue weighted by atomic mass is 16.7. The van der Waals surface area contributed by atoms with Gasteiger partial charge in [-0.05, 0) is 24.2 Å². The van der Waals surface area contributed by atoms with Gasteiger partial charge in [-0.1, -0.05) is 6.07 Å². The maximum Gasteiger partial charge on any atom is 0.173 e. The summed E-state index contributed by atoms with van der Waals surface area (Å²) < 4.78 is 22.6. The molecule has 19 heavy (non-hydrogen) atoms. The average molecular weight is 265 g/mol. The minimum atomic E-state index is -0.571. The van der Waals surface area contributed by atoms with Crippen molar-refractivity contribution in [1.29, 1.82) is 0 Å². The van der Waals surface area contributed by atoms with Gasteiger partial charge in [0.2, 0.25) is 0 Å². The molecule has 0 unspecified atom stereocenters. The Bertz CT molecular complexity index is 443. The normalized spacial score (nSPS) is 20.5. The third kappa shape index (κ3) is 2.68. The first-order chi connectivity index (χ1) is 9.31. The zero-order valence-electron chi connectivity index (χ0n) is 10.9. The number of ether oxygens (including phenoxy) is 4. The zero-order chi connectivity index (χ0) is 13.1. The molecular formula is C14H19NO4. The molecule has 1 fully saturated rings. The lowest BCUT2D eigenvalue weighted by Gasteiger charge is -2.27. The van der Waals surface area contributed by atoms with Crippen LogP contribution in [-0.2, 0) is 15.9 Å². The first kappa shape index (κ1) is 12.7. The lowest BCUT2D eigenvalue weighted by Crippen LogP contribution is -2.35. The predicted octanol–water partition coefficient (Wildman–Crippen LogP) is 1.09. The van der Waals surface area contributed by atoms with Gasteiger partial charge in [-0.2, -0.15) is 0 Å². The second-order valence-electron chi connectivity index (χ2n) is 4.80. The molecule has 2 N–H and O–H groups in total. The molecular weight excluding hydrogens is 246 g/mol. The van der Waals surface area contributed by atoms with Crippen LogP contribution in [0.25, 0.3) is 0 Å². The minimum Gasteiger partial charge on any atom is -0.486 e. The van der Waals surface area contributed by atoms with Crippen LogP contribution in [0.4, 0.5) is 0 Å².